The van der Waals surface area contributed by atoms with Crippen LogP contribution in [-0.4, -0.2) is 67.6 Å². The number of allylic oxidation sites excluding steroid dienone is 5. The first-order valence-corrected chi connectivity index (χ1v) is 15.7. The third-order valence-corrected chi connectivity index (χ3v) is 11.8. The largest absolute Gasteiger partial charge is 0.472 e. The summed E-state index contributed by atoms with van der Waals surface area (Å²) in [4.78, 5) is 38.9. The maximum Gasteiger partial charge on any atom is 0.323 e. The zero-order valence-electron chi connectivity index (χ0n) is 24.7. The van der Waals surface area contributed by atoms with Crippen molar-refractivity contribution in [1.29, 1.82) is 0 Å². The number of hydrogen-bond acceptors (Lipinski definition) is 9. The molecule has 0 aromatic rings. The molecule has 0 N–H and O–H groups in total. The lowest BCUT2D eigenvalue weighted by molar-refractivity contribution is -0.169. The molecule has 38 heavy (non-hydrogen) atoms. The summed E-state index contributed by atoms with van der Waals surface area (Å²) in [7, 11) is 3.02. The van der Waals surface area contributed by atoms with Crippen LogP contribution in [0.3, 0.4) is 0 Å². The number of methoxy groups -OCH3 is 4. The molecule has 216 valence electrons. The molecule has 0 aromatic carbocycles. The Morgan fingerprint density at radius 3 is 2.13 bits per heavy atom. The van der Waals surface area contributed by atoms with Crippen molar-refractivity contribution in [3.63, 3.8) is 0 Å². The van der Waals surface area contributed by atoms with E-state index in [4.69, 9.17) is 28.1 Å². The predicted molar refractivity (Wildman–Crippen MR) is 146 cm³/mol. The van der Waals surface area contributed by atoms with Gasteiger partial charge in [-0.2, -0.15) is 0 Å². The molecule has 1 rings (SSSR count). The lowest BCUT2D eigenvalue weighted by Gasteiger charge is -2.41. The van der Waals surface area contributed by atoms with Crippen molar-refractivity contribution in [3.05, 3.63) is 35.6 Å². The molecule has 9 nitrogen and oxygen atoms in total. The van der Waals surface area contributed by atoms with Crippen LogP contribution < -0.4 is 0 Å². The van der Waals surface area contributed by atoms with Crippen LogP contribution in [0.2, 0.25) is 18.1 Å². The van der Waals surface area contributed by atoms with Gasteiger partial charge in [0.2, 0.25) is 0 Å². The van der Waals surface area contributed by atoms with Crippen LogP contribution in [-0.2, 0) is 42.5 Å². The fourth-order valence-electron chi connectivity index (χ4n) is 4.01. The van der Waals surface area contributed by atoms with E-state index in [1.807, 2.05) is 13.0 Å². The molecule has 0 saturated heterocycles. The lowest BCUT2D eigenvalue weighted by atomic mass is 9.79. The van der Waals surface area contributed by atoms with Gasteiger partial charge in [0, 0.05) is 13.5 Å². The molecule has 0 fully saturated rings. The van der Waals surface area contributed by atoms with Crippen LogP contribution in [0, 0.1) is 11.3 Å². The average molecular weight is 555 g/mol. The van der Waals surface area contributed by atoms with Gasteiger partial charge in [0.15, 0.2) is 20.5 Å². The van der Waals surface area contributed by atoms with E-state index in [-0.39, 0.29) is 37.5 Å². The highest BCUT2D eigenvalue weighted by Gasteiger charge is 2.47. The Morgan fingerprint density at radius 1 is 1.03 bits per heavy atom. The molecular formula is C28H46O9Si. The van der Waals surface area contributed by atoms with Gasteiger partial charge >= 0.3 is 17.9 Å². The Kier molecular flexibility index (Phi) is 12.9. The van der Waals surface area contributed by atoms with Crippen molar-refractivity contribution in [3.8, 4) is 0 Å². The van der Waals surface area contributed by atoms with Crippen LogP contribution in [0.1, 0.15) is 53.4 Å². The van der Waals surface area contributed by atoms with Gasteiger partial charge in [0.1, 0.15) is 0 Å². The summed E-state index contributed by atoms with van der Waals surface area (Å²) < 4.78 is 33.0. The molecule has 10 heteroatoms. The zero-order valence-corrected chi connectivity index (χ0v) is 25.7. The third-order valence-electron chi connectivity index (χ3n) is 7.39. The van der Waals surface area contributed by atoms with Crippen molar-refractivity contribution >= 4 is 26.2 Å². The molecule has 0 spiro atoms. The Bertz CT molecular complexity index is 896. The summed E-state index contributed by atoms with van der Waals surface area (Å²) in [6.45, 7) is 12.5. The van der Waals surface area contributed by atoms with E-state index in [2.05, 4.69) is 33.9 Å². The van der Waals surface area contributed by atoms with E-state index >= 15 is 0 Å². The standard InChI is InChI=1S/C28H46O9Si/c1-20-14-11-12-16-28(25(30)34-7,26(31)35-8)17-13-15-21(36-19-32-5)18-22(24(29)33-6)23(20)37-38(9,10)27(2,3)4/h11-12,14-15,22-23H,13,16-19H2,1-10H3/b12-11+,20-14-,21-15+/t22-,23-/m1/s1. The van der Waals surface area contributed by atoms with Crippen molar-refractivity contribution < 1.29 is 42.5 Å². The van der Waals surface area contributed by atoms with Crippen LogP contribution in [0.4, 0.5) is 0 Å². The average Bonchev–Trinajstić information content (AvgIpc) is 2.88. The van der Waals surface area contributed by atoms with Crippen LogP contribution in [0.5, 0.6) is 0 Å². The number of ether oxygens (including phenoxy) is 5. The molecule has 0 aliphatic heterocycles. The van der Waals surface area contributed by atoms with Gasteiger partial charge in [0.25, 0.3) is 0 Å². The fraction of sp³-hybridized carbons (Fsp3) is 0.679. The van der Waals surface area contributed by atoms with Crippen molar-refractivity contribution in [2.45, 2.75) is 77.6 Å². The molecule has 2 atom stereocenters. The second-order valence-corrected chi connectivity index (χ2v) is 15.8. The third kappa shape index (κ3) is 8.54. The summed E-state index contributed by atoms with van der Waals surface area (Å²) in [6, 6.07) is 0. The molecule has 1 aliphatic rings. The minimum Gasteiger partial charge on any atom is -0.472 e. The van der Waals surface area contributed by atoms with Gasteiger partial charge in [-0.15, -0.1) is 0 Å². The van der Waals surface area contributed by atoms with Crippen molar-refractivity contribution in [1.82, 2.24) is 0 Å². The number of carbonyl (C=O) groups excluding carboxylic acids is 3. The minimum atomic E-state index is -2.33. The van der Waals surface area contributed by atoms with Gasteiger partial charge in [-0.1, -0.05) is 39.0 Å². The van der Waals surface area contributed by atoms with Gasteiger partial charge < -0.3 is 28.1 Å². The molecule has 0 aromatic heterocycles. The van der Waals surface area contributed by atoms with Gasteiger partial charge in [-0.05, 0) is 56.0 Å². The highest BCUT2D eigenvalue weighted by Crippen LogP contribution is 2.40. The lowest BCUT2D eigenvalue weighted by Crippen LogP contribution is -2.47. The molecule has 1 aliphatic carbocycles. The first-order chi connectivity index (χ1) is 17.7. The second-order valence-electron chi connectivity index (χ2n) is 11.0. The summed E-state index contributed by atoms with van der Waals surface area (Å²) in [5.41, 5.74) is -0.731. The molecule has 0 bridgehead atoms. The molecule has 0 heterocycles. The van der Waals surface area contributed by atoms with Gasteiger partial charge in [-0.3, -0.25) is 14.4 Å². The summed E-state index contributed by atoms with van der Waals surface area (Å²) in [6.07, 6.45) is 7.16. The SMILES string of the molecule is COCO/C1=C/CCC(C(=O)OC)(C(=O)OC)C/C=C/C=C(/C)[C@@H](O[Si](C)(C)C(C)(C)C)[C@H](C(=O)OC)C1. The monoisotopic (exact) mass is 554 g/mol. The van der Waals surface area contributed by atoms with E-state index in [1.54, 1.807) is 18.2 Å². The maximum atomic E-state index is 13.2. The number of hydrogen-bond donors (Lipinski definition) is 0. The topological polar surface area (TPSA) is 107 Å². The first kappa shape index (κ1) is 33.6. The summed E-state index contributed by atoms with van der Waals surface area (Å²) in [5, 5.41) is -0.100. The predicted octanol–water partition coefficient (Wildman–Crippen LogP) is 5.08. The maximum absolute atomic E-state index is 13.2. The second kappa shape index (κ2) is 14.6. The normalized spacial score (nSPS) is 24.6. The number of carbonyl (C=O) groups is 3. The number of esters is 3. The smallest absolute Gasteiger partial charge is 0.323 e. The molecule has 0 amide bonds. The Labute approximate surface area is 228 Å². The molecule has 0 unspecified atom stereocenters. The Balaban J connectivity index is 3.75. The number of rotatable bonds is 8. The van der Waals surface area contributed by atoms with E-state index in [0.717, 1.165) is 5.57 Å². The first-order valence-electron chi connectivity index (χ1n) is 12.8. The van der Waals surface area contributed by atoms with E-state index < -0.39 is 43.7 Å². The molecule has 0 radical (unpaired) electrons. The highest BCUT2D eigenvalue weighted by atomic mass is 28.4. The summed E-state index contributed by atoms with van der Waals surface area (Å²) in [5.74, 6) is -2.01. The fourth-order valence-corrected chi connectivity index (χ4v) is 5.35. The Hall–Kier alpha value is -2.43. The van der Waals surface area contributed by atoms with Crippen molar-refractivity contribution in [2.24, 2.45) is 11.3 Å². The van der Waals surface area contributed by atoms with Crippen LogP contribution in [0.25, 0.3) is 0 Å². The van der Waals surface area contributed by atoms with Gasteiger partial charge in [-0.25, -0.2) is 0 Å². The Morgan fingerprint density at radius 2 is 1.63 bits per heavy atom. The molecule has 0 saturated carbocycles. The van der Waals surface area contributed by atoms with Crippen LogP contribution >= 0.6 is 0 Å². The van der Waals surface area contributed by atoms with Gasteiger partial charge in [0.05, 0.1) is 39.1 Å². The minimum absolute atomic E-state index is 0.0387. The van der Waals surface area contributed by atoms with E-state index in [9.17, 15) is 14.4 Å². The summed E-state index contributed by atoms with van der Waals surface area (Å²) >= 11 is 0. The zero-order chi connectivity index (χ0) is 29.1. The highest BCUT2D eigenvalue weighted by molar-refractivity contribution is 6.74. The van der Waals surface area contributed by atoms with Crippen LogP contribution in [0.15, 0.2) is 35.6 Å². The van der Waals surface area contributed by atoms with E-state index in [0.29, 0.717) is 5.76 Å². The van der Waals surface area contributed by atoms with E-state index in [1.165, 1.54) is 28.4 Å². The molecular weight excluding hydrogens is 508 g/mol. The van der Waals surface area contributed by atoms with Crippen molar-refractivity contribution in [2.75, 3.05) is 35.2 Å². The quantitative estimate of drug-likeness (QED) is 0.133.